The highest BCUT2D eigenvalue weighted by Crippen LogP contribution is 2.24. The van der Waals surface area contributed by atoms with E-state index in [1.807, 2.05) is 0 Å². The van der Waals surface area contributed by atoms with Gasteiger partial charge in [0.25, 0.3) is 11.8 Å². The molecule has 882 valence electrons. The summed E-state index contributed by atoms with van der Waals surface area (Å²) in [6.07, 6.45) is -22.9. The molecular weight excluding hydrogens is 2000 g/mol. The monoisotopic (exact) mass is 2180 g/mol. The van der Waals surface area contributed by atoms with E-state index in [2.05, 4.69) is 66.8 Å². The van der Waals surface area contributed by atoms with E-state index in [-0.39, 0.29) is 55.1 Å². The van der Waals surface area contributed by atoms with Crippen LogP contribution in [0.4, 0.5) is 0 Å². The normalized spacial score (nSPS) is 23.5. The van der Waals surface area contributed by atoms with Gasteiger partial charge in [-0.15, -0.1) is 0 Å². The maximum Gasteiger partial charge on any atom is 0.337 e. The molecule has 41 N–H and O–H groups in total. The lowest BCUT2D eigenvalue weighted by atomic mass is 9.98. The number of aliphatic carboxylic acids is 1. The van der Waals surface area contributed by atoms with Crippen molar-refractivity contribution in [2.75, 3.05) is 135 Å². The predicted molar refractivity (Wildman–Crippen MR) is 518 cm³/mol. The molecule has 0 radical (unpaired) electrons. The van der Waals surface area contributed by atoms with Gasteiger partial charge in [-0.25, -0.2) is 9.59 Å². The molecule has 3 heterocycles. The average Bonchev–Trinajstić information content (AvgIpc) is 0.821. The third-order valence-corrected chi connectivity index (χ3v) is 23.3. The largest absolute Gasteiger partial charge is 0.479 e. The SMILES string of the molecule is CNC(=O)CCCCCCCCCCNC1OC(CO)C(O)C(O)C1O.CNC(=O)CCCCNC1OC(C(=O)O)C(O)C(O)C1O.CNC(=O)CCCCNC1OC(CO)C(O)C(O)C1O.COC(=O)C(O)C(O)C(O)C(O)CO.COC(=O)CCCCCCCCCCNC(=O)C(O)C(O)C(O)C(O)CO.COC(=O)CCCCNC(=O)C(O)C(O)C(O)C(O)CO.COC(=O)CCCCNCC(O)C(O)C(O)C(O)CO. The molecule has 58 nitrogen and oxygen atoms in total. The van der Waals surface area contributed by atoms with E-state index in [0.29, 0.717) is 116 Å². The summed E-state index contributed by atoms with van der Waals surface area (Å²) in [6, 6.07) is 0. The van der Waals surface area contributed by atoms with E-state index in [4.69, 9.17) is 80.6 Å². The number of rotatable bonds is 69. The lowest BCUT2D eigenvalue weighted by Crippen LogP contribution is -2.63. The first-order chi connectivity index (χ1) is 70.5. The highest BCUT2D eigenvalue weighted by molar-refractivity contribution is 5.82. The molecule has 31 atom stereocenters. The van der Waals surface area contributed by atoms with Crippen LogP contribution in [0.1, 0.15) is 193 Å². The number of nitrogens with one attached hydrogen (secondary N) is 9. The van der Waals surface area contributed by atoms with Crippen LogP contribution in [0.15, 0.2) is 0 Å². The number of unbranched alkanes of at least 4 members (excludes halogenated alkanes) is 18. The van der Waals surface area contributed by atoms with E-state index in [1.165, 1.54) is 34.2 Å². The number of hydrogen-bond donors (Lipinski definition) is 41. The Morgan fingerprint density at radius 3 is 0.826 bits per heavy atom. The molecule has 0 aromatic heterocycles. The van der Waals surface area contributed by atoms with Crippen LogP contribution in [0, 0.1) is 0 Å². The summed E-state index contributed by atoms with van der Waals surface area (Å²) in [6.45, 7) is -1.43. The van der Waals surface area contributed by atoms with Crippen molar-refractivity contribution in [1.82, 2.24) is 47.9 Å². The van der Waals surface area contributed by atoms with Crippen molar-refractivity contribution in [2.45, 2.75) is 382 Å². The zero-order valence-electron chi connectivity index (χ0n) is 86.1. The maximum atomic E-state index is 11.7. The standard InChI is InChI=1S/C18H36N2O6.C18H35NO8.C12H22N2O7.C12H24N2O6.C12H23NO8.C12H25NO7.C7H14O7/c1-19-14(22)10-8-6-4-2-3-5-7-9-11-20-18-17(25)16(24)15(23)13(12-21)26-18;1-27-14(22)10-8-6-4-2-3-5-7-9-11-19-18(26)17(25)16(24)15(23)13(21)12-20;1-13-6(15)4-2-3-5-14-11-9(18)7(16)8(17)10(21-11)12(19)20;1-13-8(16)4-2-3-5-14-12-11(19)10(18)9(17)7(6-15)20-12;1-21-8(16)4-2-3-5-13-12(20)11(19)10(18)9(17)7(15)6-14;1-20-10(17)4-2-3-5-13-6-8(15)11(18)12(19)9(16)7-14;1-14-7(13)6(12)5(11)4(10)3(9)2-8/h13,15-18,20-21,23-25H,2-12H2,1H3,(H,19,22);13,15-17,20-21,23-25H,2-12H2,1H3,(H,19,26);7-11,14,16-18H,2-5H2,1H3,(H,13,15)(H,19,20);7,9-12,14-15,17-19H,2-6H2,1H3,(H,13,16);7,9-11,14-15,17-19H,2-6H2,1H3,(H,13,20);8-9,11-16,18-19H,2-7H2,1H3;3-6,8-12H,2H2,1H3. The molecule has 0 spiro atoms. The molecule has 0 bridgehead atoms. The zero-order chi connectivity index (χ0) is 114. The Morgan fingerprint density at radius 2 is 0.523 bits per heavy atom. The Labute approximate surface area is 865 Å². The maximum absolute atomic E-state index is 11.7. The van der Waals surface area contributed by atoms with Crippen LogP contribution in [0.2, 0.25) is 0 Å². The van der Waals surface area contributed by atoms with Gasteiger partial charge in [-0.3, -0.25) is 54.3 Å². The number of hydrogen-bond acceptors (Lipinski definition) is 52. The number of aliphatic hydroxyl groups excluding tert-OH is 31. The Morgan fingerprint density at radius 1 is 0.275 bits per heavy atom. The first-order valence-electron chi connectivity index (χ1n) is 49.7. The van der Waals surface area contributed by atoms with Gasteiger partial charge in [0.15, 0.2) is 24.4 Å². The Hall–Kier alpha value is -6.82. The second-order valence-electron chi connectivity index (χ2n) is 35.0. The van der Waals surface area contributed by atoms with Gasteiger partial charge in [-0.1, -0.05) is 77.0 Å². The highest BCUT2D eigenvalue weighted by atomic mass is 16.6. The molecule has 149 heavy (non-hydrogen) atoms. The Balaban J connectivity index is -0.000000829. The van der Waals surface area contributed by atoms with Crippen LogP contribution >= 0.6 is 0 Å². The third kappa shape index (κ3) is 65.6. The molecule has 3 aliphatic rings. The molecule has 0 saturated carbocycles. The van der Waals surface area contributed by atoms with Gasteiger partial charge in [-0.2, -0.15) is 0 Å². The number of carboxylic acids is 1. The number of carboxylic acid groups (broad SMARTS) is 1. The average molecular weight is 2180 g/mol. The van der Waals surface area contributed by atoms with E-state index in [1.54, 1.807) is 21.1 Å². The number of aliphatic hydroxyl groups is 31. The smallest absolute Gasteiger partial charge is 0.337 e. The van der Waals surface area contributed by atoms with Gasteiger partial charge in [0.1, 0.15) is 159 Å². The predicted octanol–water partition coefficient (Wildman–Crippen LogP) is -15.6. The number of carbonyl (C=O) groups excluding carboxylic acids is 9. The van der Waals surface area contributed by atoms with Crippen LogP contribution in [-0.2, 0) is 81.1 Å². The van der Waals surface area contributed by atoms with Crippen LogP contribution in [-0.4, -0.2) is 547 Å². The van der Waals surface area contributed by atoms with Gasteiger partial charge < -0.3 is 228 Å². The highest BCUT2D eigenvalue weighted by Gasteiger charge is 2.48. The molecule has 31 unspecified atom stereocenters. The molecule has 0 aromatic rings. The lowest BCUT2D eigenvalue weighted by Gasteiger charge is -2.40. The number of amides is 5. The van der Waals surface area contributed by atoms with Crippen molar-refractivity contribution in [3.05, 3.63) is 0 Å². The van der Waals surface area contributed by atoms with Crippen LogP contribution < -0.4 is 47.9 Å². The number of methoxy groups -OCH3 is 4. The van der Waals surface area contributed by atoms with Crippen molar-refractivity contribution in [3.8, 4) is 0 Å². The van der Waals surface area contributed by atoms with E-state index in [9.17, 15) is 145 Å². The molecule has 0 aliphatic carbocycles. The molecule has 3 aliphatic heterocycles. The first-order valence-corrected chi connectivity index (χ1v) is 49.7. The van der Waals surface area contributed by atoms with Crippen molar-refractivity contribution in [3.63, 3.8) is 0 Å². The minimum atomic E-state index is -1.96. The quantitative estimate of drug-likeness (QED) is 0.0153. The molecule has 5 amide bonds. The van der Waals surface area contributed by atoms with E-state index >= 15 is 0 Å². The fourth-order valence-electron chi connectivity index (χ4n) is 13.6. The van der Waals surface area contributed by atoms with Gasteiger partial charge in [0.05, 0.1) is 74.2 Å². The van der Waals surface area contributed by atoms with E-state index in [0.717, 1.165) is 97.0 Å². The summed E-state index contributed by atoms with van der Waals surface area (Å²) >= 11 is 0. The molecule has 58 heteroatoms. The van der Waals surface area contributed by atoms with Crippen LogP contribution in [0.5, 0.6) is 0 Å². The van der Waals surface area contributed by atoms with Crippen molar-refractivity contribution in [1.29, 1.82) is 0 Å². The van der Waals surface area contributed by atoms with Crippen LogP contribution in [0.3, 0.4) is 0 Å². The Bertz CT molecular complexity index is 3410. The molecule has 3 saturated heterocycles. The summed E-state index contributed by atoms with van der Waals surface area (Å²) < 4.78 is 33.3. The minimum absolute atomic E-state index is 0.0224. The Kier molecular flexibility index (Phi) is 90.1. The molecule has 3 fully saturated rings. The summed E-state index contributed by atoms with van der Waals surface area (Å²) in [4.78, 5) is 110. The molecular formula is C91H179N9O49. The second kappa shape index (κ2) is 90.4. The first kappa shape index (κ1) is 148. The van der Waals surface area contributed by atoms with Crippen molar-refractivity contribution in [2.24, 2.45) is 0 Å². The number of esters is 4. The summed E-state index contributed by atoms with van der Waals surface area (Å²) in [5.74, 6) is -5.12. The van der Waals surface area contributed by atoms with E-state index < -0.39 is 253 Å². The van der Waals surface area contributed by atoms with Gasteiger partial charge in [-0.05, 0) is 103 Å². The van der Waals surface area contributed by atoms with Crippen LogP contribution in [0.25, 0.3) is 0 Å². The summed E-state index contributed by atoms with van der Waals surface area (Å²) in [5, 5.41) is 322. The van der Waals surface area contributed by atoms with Gasteiger partial charge >= 0.3 is 29.8 Å². The second-order valence-corrected chi connectivity index (χ2v) is 35.0. The minimum Gasteiger partial charge on any atom is -0.479 e. The molecule has 3 rings (SSSR count). The summed E-state index contributed by atoms with van der Waals surface area (Å²) in [5.41, 5.74) is 0. The number of ether oxygens (including phenoxy) is 7. The number of carbonyl (C=O) groups is 10. The topological polar surface area (TPSA) is 991 Å². The zero-order valence-corrected chi connectivity index (χ0v) is 86.1. The fourth-order valence-corrected chi connectivity index (χ4v) is 13.6. The van der Waals surface area contributed by atoms with Gasteiger partial charge in [0.2, 0.25) is 17.7 Å². The van der Waals surface area contributed by atoms with Crippen molar-refractivity contribution >= 4 is 59.4 Å². The van der Waals surface area contributed by atoms with Gasteiger partial charge in [0, 0.05) is 79.3 Å². The van der Waals surface area contributed by atoms with Crippen molar-refractivity contribution < 1.29 is 245 Å². The lowest BCUT2D eigenvalue weighted by molar-refractivity contribution is -0.236. The summed E-state index contributed by atoms with van der Waals surface area (Å²) in [7, 11) is 9.76. The fraction of sp³-hybridized carbons (Fsp3) is 0.890. The third-order valence-electron chi connectivity index (χ3n) is 23.3. The molecule has 0 aromatic carbocycles.